The molecule has 8 heteroatoms. The molecule has 1 aliphatic heterocycles. The van der Waals surface area contributed by atoms with Crippen molar-refractivity contribution in [1.29, 1.82) is 0 Å². The van der Waals surface area contributed by atoms with Crippen LogP contribution in [0.3, 0.4) is 0 Å². The zero-order valence-electron chi connectivity index (χ0n) is 14.9. The van der Waals surface area contributed by atoms with Crippen molar-refractivity contribution in [3.05, 3.63) is 0 Å². The molecule has 1 heterocycles. The smallest absolute Gasteiger partial charge is 0.411 e. The lowest BCUT2D eigenvalue weighted by molar-refractivity contribution is -0.146. The number of hydrogen-bond acceptors (Lipinski definition) is 7. The number of aliphatic hydroxyl groups excluding tert-OH is 1. The van der Waals surface area contributed by atoms with Gasteiger partial charge in [0.1, 0.15) is 11.6 Å². The predicted octanol–water partition coefficient (Wildman–Crippen LogP) is 1.24. The Kier molecular flexibility index (Phi) is 7.01. The number of amides is 1. The summed E-state index contributed by atoms with van der Waals surface area (Å²) in [6, 6.07) is -1.52. The van der Waals surface area contributed by atoms with Gasteiger partial charge in [0.2, 0.25) is 0 Å². The summed E-state index contributed by atoms with van der Waals surface area (Å²) in [5.74, 6) is -0.966. The van der Waals surface area contributed by atoms with Crippen molar-refractivity contribution >= 4 is 18.0 Å². The molecule has 24 heavy (non-hydrogen) atoms. The van der Waals surface area contributed by atoms with Gasteiger partial charge in [-0.3, -0.25) is 9.69 Å². The lowest BCUT2D eigenvalue weighted by Gasteiger charge is -2.31. The van der Waals surface area contributed by atoms with Gasteiger partial charge in [0, 0.05) is 12.8 Å². The van der Waals surface area contributed by atoms with Crippen LogP contribution in [0.25, 0.3) is 0 Å². The molecular weight excluding hydrogens is 318 g/mol. The van der Waals surface area contributed by atoms with Crippen LogP contribution in [0.4, 0.5) is 4.79 Å². The number of carbonyl (C=O) groups excluding carboxylic acids is 3. The number of likely N-dealkylation sites (tertiary alicyclic amines) is 1. The highest BCUT2D eigenvalue weighted by molar-refractivity contribution is 5.82. The quantitative estimate of drug-likeness (QED) is 0.591. The molecule has 1 fully saturated rings. The summed E-state index contributed by atoms with van der Waals surface area (Å²) in [5, 5.41) is 10.3. The minimum absolute atomic E-state index is 0.0782. The van der Waals surface area contributed by atoms with E-state index in [1.807, 2.05) is 0 Å². The Morgan fingerprint density at radius 2 is 1.79 bits per heavy atom. The summed E-state index contributed by atoms with van der Waals surface area (Å²) in [7, 11) is 2.53. The van der Waals surface area contributed by atoms with Crippen molar-refractivity contribution < 1.29 is 33.7 Å². The van der Waals surface area contributed by atoms with Crippen molar-refractivity contribution in [3.8, 4) is 0 Å². The van der Waals surface area contributed by atoms with E-state index in [1.165, 1.54) is 19.1 Å². The zero-order valence-corrected chi connectivity index (χ0v) is 14.9. The van der Waals surface area contributed by atoms with Crippen LogP contribution in [0.1, 0.15) is 46.5 Å². The predicted molar refractivity (Wildman–Crippen MR) is 84.2 cm³/mol. The first-order valence-corrected chi connectivity index (χ1v) is 7.94. The summed E-state index contributed by atoms with van der Waals surface area (Å²) in [4.78, 5) is 36.9. The maximum Gasteiger partial charge on any atom is 0.411 e. The third kappa shape index (κ3) is 5.36. The summed E-state index contributed by atoms with van der Waals surface area (Å²) in [6.45, 7) is 5.16. The molecular formula is C16H27NO7. The monoisotopic (exact) mass is 345 g/mol. The SMILES string of the molecule is COC(=O)CCC[C@@H]1[C@H](O)C[C@@H](C(=O)OC)N1C(=O)OC(C)(C)C. The Hall–Kier alpha value is -1.83. The first kappa shape index (κ1) is 20.2. The fourth-order valence-electron chi connectivity index (χ4n) is 2.73. The highest BCUT2D eigenvalue weighted by Gasteiger charge is 2.48. The van der Waals surface area contributed by atoms with E-state index >= 15 is 0 Å². The molecule has 3 atom stereocenters. The molecule has 0 aromatic heterocycles. The second-order valence-corrected chi connectivity index (χ2v) is 6.77. The average molecular weight is 345 g/mol. The molecule has 0 aromatic carbocycles. The highest BCUT2D eigenvalue weighted by atomic mass is 16.6. The molecule has 1 amide bonds. The first-order valence-electron chi connectivity index (χ1n) is 7.94. The van der Waals surface area contributed by atoms with Gasteiger partial charge in [-0.15, -0.1) is 0 Å². The molecule has 0 bridgehead atoms. The van der Waals surface area contributed by atoms with Crippen LogP contribution in [0, 0.1) is 0 Å². The molecule has 8 nitrogen and oxygen atoms in total. The first-order chi connectivity index (χ1) is 11.1. The van der Waals surface area contributed by atoms with Crippen molar-refractivity contribution in [2.45, 2.75) is 70.2 Å². The van der Waals surface area contributed by atoms with Crippen molar-refractivity contribution in [3.63, 3.8) is 0 Å². The standard InChI is InChI=1S/C16H27NO7/c1-16(2,3)24-15(21)17-10(7-6-8-13(19)22-4)12(18)9-11(17)14(20)23-5/h10-12,18H,6-9H2,1-5H3/t10-,11+,12-/m1/s1. The van der Waals surface area contributed by atoms with Crippen molar-refractivity contribution in [2.24, 2.45) is 0 Å². The molecule has 138 valence electrons. The van der Waals surface area contributed by atoms with E-state index in [0.717, 1.165) is 0 Å². The number of esters is 2. The molecule has 1 saturated heterocycles. The third-order valence-corrected chi connectivity index (χ3v) is 3.79. The second-order valence-electron chi connectivity index (χ2n) is 6.77. The fourth-order valence-corrected chi connectivity index (χ4v) is 2.73. The topological polar surface area (TPSA) is 102 Å². The number of methoxy groups -OCH3 is 2. The molecule has 0 aliphatic carbocycles. The number of hydrogen-bond donors (Lipinski definition) is 1. The lowest BCUT2D eigenvalue weighted by atomic mass is 10.0. The van der Waals surface area contributed by atoms with E-state index in [9.17, 15) is 19.5 Å². The summed E-state index contributed by atoms with van der Waals surface area (Å²) >= 11 is 0. The average Bonchev–Trinajstić information content (AvgIpc) is 2.81. The molecule has 1 N–H and O–H groups in total. The summed E-state index contributed by atoms with van der Waals surface area (Å²) < 4.78 is 14.7. The van der Waals surface area contributed by atoms with Gasteiger partial charge in [0.15, 0.2) is 0 Å². The van der Waals surface area contributed by atoms with Crippen LogP contribution >= 0.6 is 0 Å². The lowest BCUT2D eigenvalue weighted by Crippen LogP contribution is -2.48. The Balaban J connectivity index is 2.89. The van der Waals surface area contributed by atoms with Crippen LogP contribution in [0.2, 0.25) is 0 Å². The minimum Gasteiger partial charge on any atom is -0.469 e. The largest absolute Gasteiger partial charge is 0.469 e. The van der Waals surface area contributed by atoms with E-state index < -0.39 is 35.9 Å². The van der Waals surface area contributed by atoms with Gasteiger partial charge in [0.25, 0.3) is 0 Å². The van der Waals surface area contributed by atoms with E-state index in [0.29, 0.717) is 12.8 Å². The van der Waals surface area contributed by atoms with Crippen LogP contribution in [-0.2, 0) is 23.8 Å². The zero-order chi connectivity index (χ0) is 18.5. The number of aliphatic hydroxyl groups is 1. The van der Waals surface area contributed by atoms with E-state index in [2.05, 4.69) is 4.74 Å². The van der Waals surface area contributed by atoms with Gasteiger partial charge in [-0.1, -0.05) is 0 Å². The Labute approximate surface area is 142 Å². The van der Waals surface area contributed by atoms with E-state index in [1.54, 1.807) is 20.8 Å². The number of rotatable bonds is 5. The van der Waals surface area contributed by atoms with E-state index in [4.69, 9.17) is 9.47 Å². The molecule has 0 radical (unpaired) electrons. The van der Waals surface area contributed by atoms with Gasteiger partial charge in [0.05, 0.1) is 26.4 Å². The Morgan fingerprint density at radius 3 is 2.29 bits per heavy atom. The van der Waals surface area contributed by atoms with Gasteiger partial charge >= 0.3 is 18.0 Å². The van der Waals surface area contributed by atoms with Gasteiger partial charge in [-0.25, -0.2) is 9.59 Å². The molecule has 1 rings (SSSR count). The van der Waals surface area contributed by atoms with Crippen molar-refractivity contribution in [2.75, 3.05) is 14.2 Å². The molecule has 0 spiro atoms. The number of nitrogens with zero attached hydrogens (tertiary/aromatic N) is 1. The van der Waals surface area contributed by atoms with Crippen LogP contribution in [0.15, 0.2) is 0 Å². The van der Waals surface area contributed by atoms with Crippen LogP contribution < -0.4 is 0 Å². The Bertz CT molecular complexity index is 472. The van der Waals surface area contributed by atoms with Crippen molar-refractivity contribution in [1.82, 2.24) is 4.90 Å². The fraction of sp³-hybridized carbons (Fsp3) is 0.812. The number of ether oxygens (including phenoxy) is 3. The maximum atomic E-state index is 12.5. The molecule has 0 saturated carbocycles. The minimum atomic E-state index is -0.900. The normalized spacial score (nSPS) is 23.8. The number of carbonyl (C=O) groups is 3. The molecule has 0 unspecified atom stereocenters. The summed E-state index contributed by atoms with van der Waals surface area (Å²) in [6.07, 6.45) is -0.554. The third-order valence-electron chi connectivity index (χ3n) is 3.79. The summed E-state index contributed by atoms with van der Waals surface area (Å²) in [5.41, 5.74) is -0.734. The molecule has 1 aliphatic rings. The van der Waals surface area contributed by atoms with Gasteiger partial charge < -0.3 is 19.3 Å². The van der Waals surface area contributed by atoms with E-state index in [-0.39, 0.29) is 18.8 Å². The Morgan fingerprint density at radius 1 is 1.17 bits per heavy atom. The highest BCUT2D eigenvalue weighted by Crippen LogP contribution is 2.30. The van der Waals surface area contributed by atoms with Gasteiger partial charge in [-0.2, -0.15) is 0 Å². The maximum absolute atomic E-state index is 12.5. The second kappa shape index (κ2) is 8.32. The van der Waals surface area contributed by atoms with Crippen LogP contribution in [-0.4, -0.2) is 66.0 Å². The van der Waals surface area contributed by atoms with Gasteiger partial charge in [-0.05, 0) is 33.6 Å². The van der Waals surface area contributed by atoms with Crippen LogP contribution in [0.5, 0.6) is 0 Å². The molecule has 0 aromatic rings.